The van der Waals surface area contributed by atoms with Gasteiger partial charge in [0.25, 0.3) is 5.91 Å². The van der Waals surface area contributed by atoms with Crippen molar-refractivity contribution in [2.45, 2.75) is 39.3 Å². The molecule has 1 aliphatic rings. The van der Waals surface area contributed by atoms with Gasteiger partial charge in [-0.05, 0) is 55.5 Å². The molecule has 5 heteroatoms. The number of amides is 1. The predicted octanol–water partition coefficient (Wildman–Crippen LogP) is 4.54. The Morgan fingerprint density at radius 1 is 1.19 bits per heavy atom. The largest absolute Gasteiger partial charge is 0.483 e. The SMILES string of the molecule is Cc1cccc(C)c1OCC(=O)N(Cc1ccc(Cl)cc1)C[C@H]1CCCO1. The first-order chi connectivity index (χ1) is 13.0. The molecule has 1 atom stereocenters. The summed E-state index contributed by atoms with van der Waals surface area (Å²) in [6.07, 6.45) is 2.13. The minimum absolute atomic E-state index is 0.0198. The van der Waals surface area contributed by atoms with E-state index in [0.29, 0.717) is 18.1 Å². The van der Waals surface area contributed by atoms with Crippen molar-refractivity contribution >= 4 is 17.5 Å². The lowest BCUT2D eigenvalue weighted by atomic mass is 10.1. The van der Waals surface area contributed by atoms with Crippen molar-refractivity contribution < 1.29 is 14.3 Å². The molecule has 2 aromatic carbocycles. The van der Waals surface area contributed by atoms with Crippen molar-refractivity contribution in [3.8, 4) is 5.75 Å². The molecule has 1 saturated heterocycles. The van der Waals surface area contributed by atoms with Gasteiger partial charge in [-0.25, -0.2) is 0 Å². The van der Waals surface area contributed by atoms with Crippen molar-refractivity contribution in [3.05, 3.63) is 64.2 Å². The number of hydrogen-bond acceptors (Lipinski definition) is 3. The number of benzene rings is 2. The van der Waals surface area contributed by atoms with E-state index in [1.807, 2.05) is 61.2 Å². The first kappa shape index (κ1) is 19.7. The van der Waals surface area contributed by atoms with Crippen LogP contribution in [-0.4, -0.2) is 36.7 Å². The fraction of sp³-hybridized carbons (Fsp3) is 0.409. The van der Waals surface area contributed by atoms with Gasteiger partial charge < -0.3 is 14.4 Å². The molecular weight excluding hydrogens is 362 g/mol. The molecule has 0 unspecified atom stereocenters. The third-order valence-corrected chi connectivity index (χ3v) is 5.09. The minimum atomic E-state index is -0.0388. The maximum Gasteiger partial charge on any atom is 0.260 e. The van der Waals surface area contributed by atoms with Crippen LogP contribution >= 0.6 is 11.6 Å². The van der Waals surface area contributed by atoms with Gasteiger partial charge >= 0.3 is 0 Å². The number of rotatable bonds is 7. The molecule has 2 aromatic rings. The Morgan fingerprint density at radius 3 is 2.52 bits per heavy atom. The van der Waals surface area contributed by atoms with Crippen LogP contribution < -0.4 is 4.74 Å². The molecule has 1 amide bonds. The zero-order valence-corrected chi connectivity index (χ0v) is 16.7. The third kappa shape index (κ3) is 5.47. The lowest BCUT2D eigenvalue weighted by Gasteiger charge is -2.26. The second kappa shape index (κ2) is 9.25. The van der Waals surface area contributed by atoms with Gasteiger partial charge in [0, 0.05) is 24.7 Å². The summed E-state index contributed by atoms with van der Waals surface area (Å²) in [5.74, 6) is 0.748. The van der Waals surface area contributed by atoms with Crippen LogP contribution in [0.2, 0.25) is 5.02 Å². The third-order valence-electron chi connectivity index (χ3n) is 4.84. The number of aryl methyl sites for hydroxylation is 2. The number of carbonyl (C=O) groups is 1. The smallest absolute Gasteiger partial charge is 0.260 e. The standard InChI is InChI=1S/C22H26ClNO3/c1-16-5-3-6-17(2)22(16)27-15-21(25)24(14-20-7-4-12-26-20)13-18-8-10-19(23)11-9-18/h3,5-6,8-11,20H,4,7,12-15H2,1-2H3/t20-/m1/s1. The average molecular weight is 388 g/mol. The molecule has 3 rings (SSSR count). The molecule has 1 fully saturated rings. The summed E-state index contributed by atoms with van der Waals surface area (Å²) < 4.78 is 11.6. The van der Waals surface area contributed by atoms with Crippen LogP contribution in [0.15, 0.2) is 42.5 Å². The van der Waals surface area contributed by atoms with Gasteiger partial charge in [0.1, 0.15) is 5.75 Å². The van der Waals surface area contributed by atoms with Crippen LogP contribution in [0.25, 0.3) is 0 Å². The zero-order chi connectivity index (χ0) is 19.2. The molecule has 0 saturated carbocycles. The highest BCUT2D eigenvalue weighted by molar-refractivity contribution is 6.30. The molecule has 0 aromatic heterocycles. The van der Waals surface area contributed by atoms with Gasteiger partial charge in [-0.1, -0.05) is 41.9 Å². The maximum atomic E-state index is 12.9. The number of nitrogens with zero attached hydrogens (tertiary/aromatic N) is 1. The van der Waals surface area contributed by atoms with Crippen LogP contribution in [0.3, 0.4) is 0 Å². The number of hydrogen-bond donors (Lipinski definition) is 0. The van der Waals surface area contributed by atoms with E-state index >= 15 is 0 Å². The quantitative estimate of drug-likeness (QED) is 0.699. The summed E-state index contributed by atoms with van der Waals surface area (Å²) in [7, 11) is 0. The Labute approximate surface area is 166 Å². The lowest BCUT2D eigenvalue weighted by Crippen LogP contribution is -2.39. The predicted molar refractivity (Wildman–Crippen MR) is 107 cm³/mol. The van der Waals surface area contributed by atoms with Crippen molar-refractivity contribution in [2.24, 2.45) is 0 Å². The maximum absolute atomic E-state index is 12.9. The Kier molecular flexibility index (Phi) is 6.75. The molecule has 0 N–H and O–H groups in total. The molecule has 0 bridgehead atoms. The van der Waals surface area contributed by atoms with Gasteiger partial charge in [0.05, 0.1) is 6.10 Å². The summed E-state index contributed by atoms with van der Waals surface area (Å²) >= 11 is 5.97. The van der Waals surface area contributed by atoms with E-state index in [9.17, 15) is 4.79 Å². The second-order valence-electron chi connectivity index (χ2n) is 7.05. The summed E-state index contributed by atoms with van der Waals surface area (Å²) in [5, 5.41) is 0.689. The second-order valence-corrected chi connectivity index (χ2v) is 7.48. The van der Waals surface area contributed by atoms with E-state index in [-0.39, 0.29) is 18.6 Å². The monoisotopic (exact) mass is 387 g/mol. The normalized spacial score (nSPS) is 16.3. The highest BCUT2D eigenvalue weighted by Gasteiger charge is 2.23. The first-order valence-electron chi connectivity index (χ1n) is 9.36. The fourth-order valence-corrected chi connectivity index (χ4v) is 3.48. The number of para-hydroxylation sites is 1. The Hall–Kier alpha value is -2.04. The zero-order valence-electron chi connectivity index (χ0n) is 15.9. The molecule has 144 valence electrons. The topological polar surface area (TPSA) is 38.8 Å². The molecule has 4 nitrogen and oxygen atoms in total. The Bertz CT molecular complexity index is 749. The molecule has 27 heavy (non-hydrogen) atoms. The minimum Gasteiger partial charge on any atom is -0.483 e. The van der Waals surface area contributed by atoms with Crippen molar-refractivity contribution in [3.63, 3.8) is 0 Å². The van der Waals surface area contributed by atoms with E-state index in [0.717, 1.165) is 41.9 Å². The van der Waals surface area contributed by atoms with Crippen LogP contribution in [-0.2, 0) is 16.1 Å². The van der Waals surface area contributed by atoms with E-state index in [1.165, 1.54) is 0 Å². The van der Waals surface area contributed by atoms with Gasteiger partial charge in [0.15, 0.2) is 6.61 Å². The molecule has 0 aliphatic carbocycles. The molecule has 1 aliphatic heterocycles. The van der Waals surface area contributed by atoms with Gasteiger partial charge in [-0.3, -0.25) is 4.79 Å². The van der Waals surface area contributed by atoms with Gasteiger partial charge in [-0.15, -0.1) is 0 Å². The Balaban J connectivity index is 1.68. The van der Waals surface area contributed by atoms with Crippen molar-refractivity contribution in [2.75, 3.05) is 19.8 Å². The summed E-state index contributed by atoms with van der Waals surface area (Å²) in [5.41, 5.74) is 3.11. The van der Waals surface area contributed by atoms with Crippen LogP contribution in [0.5, 0.6) is 5.75 Å². The average Bonchev–Trinajstić information content (AvgIpc) is 3.15. The van der Waals surface area contributed by atoms with E-state index in [1.54, 1.807) is 0 Å². The van der Waals surface area contributed by atoms with Crippen molar-refractivity contribution in [1.29, 1.82) is 0 Å². The van der Waals surface area contributed by atoms with E-state index < -0.39 is 0 Å². The molecule has 0 spiro atoms. The lowest BCUT2D eigenvalue weighted by molar-refractivity contribution is -0.135. The van der Waals surface area contributed by atoms with Crippen LogP contribution in [0, 0.1) is 13.8 Å². The first-order valence-corrected chi connectivity index (χ1v) is 9.73. The van der Waals surface area contributed by atoms with Crippen LogP contribution in [0.1, 0.15) is 29.5 Å². The summed E-state index contributed by atoms with van der Waals surface area (Å²) in [4.78, 5) is 14.7. The number of carbonyl (C=O) groups excluding carboxylic acids is 1. The summed E-state index contributed by atoms with van der Waals surface area (Å²) in [6.45, 7) is 5.87. The van der Waals surface area contributed by atoms with E-state index in [4.69, 9.17) is 21.1 Å². The van der Waals surface area contributed by atoms with Crippen LogP contribution in [0.4, 0.5) is 0 Å². The highest BCUT2D eigenvalue weighted by atomic mass is 35.5. The fourth-order valence-electron chi connectivity index (χ4n) is 3.35. The molecule has 1 heterocycles. The number of halogens is 1. The van der Waals surface area contributed by atoms with Gasteiger partial charge in [-0.2, -0.15) is 0 Å². The highest BCUT2D eigenvalue weighted by Crippen LogP contribution is 2.23. The number of ether oxygens (including phenoxy) is 2. The molecule has 0 radical (unpaired) electrons. The van der Waals surface area contributed by atoms with Gasteiger partial charge in [0.2, 0.25) is 0 Å². The van der Waals surface area contributed by atoms with E-state index in [2.05, 4.69) is 0 Å². The molecular formula is C22H26ClNO3. The Morgan fingerprint density at radius 2 is 1.89 bits per heavy atom. The summed E-state index contributed by atoms with van der Waals surface area (Å²) in [6, 6.07) is 13.6. The van der Waals surface area contributed by atoms with Crippen molar-refractivity contribution in [1.82, 2.24) is 4.90 Å².